The first kappa shape index (κ1) is 28.6. The molecule has 0 bridgehead atoms. The van der Waals surface area contributed by atoms with Crippen molar-refractivity contribution in [2.24, 2.45) is 0 Å². The first-order valence-corrected chi connectivity index (χ1v) is 15.0. The maximum Gasteiger partial charge on any atom is 0.256 e. The quantitative estimate of drug-likeness (QED) is 0.0954. The number of carbonyl (C=O) groups is 1. The fourth-order valence-electron chi connectivity index (χ4n) is 4.20. The van der Waals surface area contributed by atoms with Crippen LogP contribution in [0.5, 0.6) is 5.75 Å². The molecule has 0 spiro atoms. The zero-order valence-corrected chi connectivity index (χ0v) is 22.8. The summed E-state index contributed by atoms with van der Waals surface area (Å²) in [7, 11) is 1.30. The number of unbranched alkanes of at least 4 members (excludes halogenated alkanes) is 12. The Balaban J connectivity index is 1.67. The van der Waals surface area contributed by atoms with Crippen molar-refractivity contribution in [1.29, 1.82) is 0 Å². The third kappa shape index (κ3) is 11.2. The number of carbonyl (C=O) groups excluding carboxylic acids is 1. The predicted octanol–water partition coefficient (Wildman–Crippen LogP) is 9.60. The molecule has 0 radical (unpaired) electrons. The highest BCUT2D eigenvalue weighted by Gasteiger charge is 2.17. The van der Waals surface area contributed by atoms with E-state index in [-0.39, 0.29) is 5.91 Å². The summed E-state index contributed by atoms with van der Waals surface area (Å²) in [5.41, 5.74) is 1.96. The van der Waals surface area contributed by atoms with Crippen molar-refractivity contribution >= 4 is 34.0 Å². The number of benzene rings is 2. The highest BCUT2D eigenvalue weighted by atomic mass is 33.1. The molecule has 0 fully saturated rings. The summed E-state index contributed by atoms with van der Waals surface area (Å²) >= 11 is 4.31. The number of para-hydroxylation sites is 1. The number of nitrogens with zero attached hydrogens (tertiary/aromatic N) is 1. The van der Waals surface area contributed by atoms with Crippen molar-refractivity contribution in [3.63, 3.8) is 0 Å². The largest absolute Gasteiger partial charge is 0.372 e. The third-order valence-corrected chi connectivity index (χ3v) is 7.26. The second kappa shape index (κ2) is 17.8. The van der Waals surface area contributed by atoms with Gasteiger partial charge in [-0.15, -0.1) is 16.7 Å². The highest BCUT2D eigenvalue weighted by Crippen LogP contribution is 2.33. The van der Waals surface area contributed by atoms with Gasteiger partial charge in [0.2, 0.25) is 0 Å². The summed E-state index contributed by atoms with van der Waals surface area (Å²) in [4.78, 5) is 19.2. The molecule has 0 saturated carbocycles. The normalized spacial score (nSPS) is 10.9. The van der Waals surface area contributed by atoms with E-state index in [1.807, 2.05) is 42.5 Å². The molecule has 0 aliphatic rings. The van der Waals surface area contributed by atoms with E-state index in [9.17, 15) is 4.79 Å². The topological polar surface area (TPSA) is 29.5 Å². The lowest BCUT2D eigenvalue weighted by Crippen LogP contribution is -2.32. The van der Waals surface area contributed by atoms with E-state index in [0.717, 1.165) is 11.3 Å². The Morgan fingerprint density at radius 2 is 1.41 bits per heavy atom. The van der Waals surface area contributed by atoms with Crippen LogP contribution in [0.25, 0.3) is 0 Å². The molecular weight excluding hydrogens is 458 g/mol. The molecule has 1 amide bonds. The molecule has 0 aromatic heterocycles. The van der Waals surface area contributed by atoms with Crippen molar-refractivity contribution < 1.29 is 9.63 Å². The van der Waals surface area contributed by atoms with Gasteiger partial charge < -0.3 is 4.84 Å². The molecule has 2 rings (SSSR count). The molecule has 5 heteroatoms. The van der Waals surface area contributed by atoms with E-state index in [0.29, 0.717) is 11.4 Å². The van der Waals surface area contributed by atoms with Gasteiger partial charge in [-0.25, -0.2) is 0 Å². The molecule has 2 aromatic rings. The molecule has 2 aromatic carbocycles. The minimum atomic E-state index is -0.170. The van der Waals surface area contributed by atoms with E-state index in [4.69, 9.17) is 4.84 Å². The number of hydroxylamine groups is 1. The molecule has 34 heavy (non-hydrogen) atoms. The lowest BCUT2D eigenvalue weighted by Gasteiger charge is -2.23. The Kier molecular flexibility index (Phi) is 15.0. The number of hydrogen-bond donors (Lipinski definition) is 1. The summed E-state index contributed by atoms with van der Waals surface area (Å²) < 4.78 is 0. The fourth-order valence-corrected chi connectivity index (χ4v) is 5.04. The van der Waals surface area contributed by atoms with Crippen LogP contribution in [-0.4, -0.2) is 5.91 Å². The number of thiol groups is 1. The number of anilines is 1. The van der Waals surface area contributed by atoms with Crippen molar-refractivity contribution in [1.82, 2.24) is 0 Å². The summed E-state index contributed by atoms with van der Waals surface area (Å²) in [6.45, 7) is 3.79. The smallest absolute Gasteiger partial charge is 0.256 e. The fraction of sp³-hybridized carbons (Fsp3) is 0.552. The average molecular weight is 502 g/mol. The van der Waals surface area contributed by atoms with Gasteiger partial charge in [0, 0.05) is 11.8 Å². The number of rotatable bonds is 18. The van der Waals surface area contributed by atoms with Gasteiger partial charge in [0.15, 0.2) is 5.75 Å². The molecule has 188 valence electrons. The minimum Gasteiger partial charge on any atom is -0.372 e. The molecule has 0 N–H and O–H groups in total. The van der Waals surface area contributed by atoms with E-state index in [1.54, 1.807) is 0 Å². The molecule has 0 aliphatic carbocycles. The Hall–Kier alpha value is -1.59. The minimum absolute atomic E-state index is 0.170. The number of aryl methyl sites for hydroxylation is 1. The van der Waals surface area contributed by atoms with Crippen molar-refractivity contribution in [3.8, 4) is 5.75 Å². The Morgan fingerprint density at radius 3 is 2.00 bits per heavy atom. The Morgan fingerprint density at radius 1 is 0.824 bits per heavy atom. The van der Waals surface area contributed by atoms with Crippen LogP contribution >= 0.6 is 22.5 Å². The molecular formula is C29H43NO2S2. The lowest BCUT2D eigenvalue weighted by atomic mass is 10.0. The second-order valence-electron chi connectivity index (χ2n) is 9.10. The molecule has 0 unspecified atom stereocenters. The van der Waals surface area contributed by atoms with Gasteiger partial charge in [-0.1, -0.05) is 119 Å². The van der Waals surface area contributed by atoms with Crippen LogP contribution in [0.3, 0.4) is 0 Å². The van der Waals surface area contributed by atoms with Crippen LogP contribution in [0.15, 0.2) is 53.4 Å². The maximum absolute atomic E-state index is 12.3. The summed E-state index contributed by atoms with van der Waals surface area (Å²) in [6.07, 6.45) is 18.8. The zero-order valence-electron chi connectivity index (χ0n) is 21.1. The van der Waals surface area contributed by atoms with Crippen LogP contribution in [0.1, 0.15) is 103 Å². The monoisotopic (exact) mass is 501 g/mol. The van der Waals surface area contributed by atoms with Crippen LogP contribution in [0.4, 0.5) is 5.69 Å². The Bertz CT molecular complexity index is 827. The van der Waals surface area contributed by atoms with Gasteiger partial charge in [-0.05, 0) is 42.7 Å². The standard InChI is InChI=1S/C29H43NO2S2/c1-3-4-5-6-7-8-9-10-11-12-13-14-15-19-26-20-18-21-27(24-26)32-30(25(2)31)28-22-16-17-23-29(28)34-33/h16-18,20-24,33H,3-15,19H2,1-2H3. The third-order valence-electron chi connectivity index (χ3n) is 6.13. The first-order chi connectivity index (χ1) is 16.7. The Labute approximate surface area is 216 Å². The van der Waals surface area contributed by atoms with E-state index in [2.05, 4.69) is 24.7 Å². The van der Waals surface area contributed by atoms with Gasteiger partial charge in [-0.3, -0.25) is 4.79 Å². The highest BCUT2D eigenvalue weighted by molar-refractivity contribution is 8.68. The predicted molar refractivity (Wildman–Crippen MR) is 151 cm³/mol. The van der Waals surface area contributed by atoms with Crippen LogP contribution in [0, 0.1) is 0 Å². The van der Waals surface area contributed by atoms with Gasteiger partial charge in [0.25, 0.3) is 5.91 Å². The van der Waals surface area contributed by atoms with Crippen molar-refractivity contribution in [2.45, 2.75) is 109 Å². The molecule has 3 nitrogen and oxygen atoms in total. The van der Waals surface area contributed by atoms with Gasteiger partial charge in [0.1, 0.15) is 0 Å². The number of hydrogen-bond acceptors (Lipinski definition) is 4. The van der Waals surface area contributed by atoms with Crippen LogP contribution in [-0.2, 0) is 11.2 Å². The first-order valence-electron chi connectivity index (χ1n) is 13.1. The maximum atomic E-state index is 12.3. The van der Waals surface area contributed by atoms with Crippen LogP contribution < -0.4 is 9.90 Å². The summed E-state index contributed by atoms with van der Waals surface area (Å²) in [6, 6.07) is 15.7. The zero-order chi connectivity index (χ0) is 24.4. The number of amides is 1. The summed E-state index contributed by atoms with van der Waals surface area (Å²) in [5.74, 6) is 0.512. The second-order valence-corrected chi connectivity index (χ2v) is 10.3. The summed E-state index contributed by atoms with van der Waals surface area (Å²) in [5, 5.41) is 1.35. The van der Waals surface area contributed by atoms with E-state index < -0.39 is 0 Å². The van der Waals surface area contributed by atoms with Gasteiger partial charge in [-0.2, -0.15) is 0 Å². The van der Waals surface area contributed by atoms with Crippen molar-refractivity contribution in [2.75, 3.05) is 5.06 Å². The molecule has 0 saturated heterocycles. The lowest BCUT2D eigenvalue weighted by molar-refractivity contribution is -0.120. The SMILES string of the molecule is CCCCCCCCCCCCCCCc1cccc(ON(C(C)=O)c2ccccc2SS)c1. The molecule has 0 heterocycles. The van der Waals surface area contributed by atoms with E-state index >= 15 is 0 Å². The average Bonchev–Trinajstić information content (AvgIpc) is 2.85. The van der Waals surface area contributed by atoms with Crippen molar-refractivity contribution in [3.05, 3.63) is 54.1 Å². The van der Waals surface area contributed by atoms with E-state index in [1.165, 1.54) is 112 Å². The molecule has 0 aliphatic heterocycles. The molecule has 0 atom stereocenters. The van der Waals surface area contributed by atoms with Gasteiger partial charge >= 0.3 is 0 Å². The van der Waals surface area contributed by atoms with Crippen LogP contribution in [0.2, 0.25) is 0 Å². The van der Waals surface area contributed by atoms with Gasteiger partial charge in [0.05, 0.1) is 5.69 Å².